The second kappa shape index (κ2) is 5.21. The van der Waals surface area contributed by atoms with Gasteiger partial charge in [0, 0.05) is 5.69 Å². The second-order valence-corrected chi connectivity index (χ2v) is 4.76. The van der Waals surface area contributed by atoms with E-state index in [0.717, 1.165) is 18.6 Å². The Kier molecular flexibility index (Phi) is 3.26. The van der Waals surface area contributed by atoms with Crippen molar-refractivity contribution in [2.45, 2.75) is 32.3 Å². The molecule has 0 fully saturated rings. The molecule has 1 aromatic heterocycles. The van der Waals surface area contributed by atoms with Gasteiger partial charge >= 0.3 is 0 Å². The number of nitrogens with zero attached hydrogens (tertiary/aromatic N) is 1. The van der Waals surface area contributed by atoms with Gasteiger partial charge in [0.1, 0.15) is 12.4 Å². The second-order valence-electron chi connectivity index (χ2n) is 4.76. The SMILES string of the molecule is c1ccc(COc2cnc3c(c2)CCCC3)cc1. The summed E-state index contributed by atoms with van der Waals surface area (Å²) < 4.78 is 5.80. The van der Waals surface area contributed by atoms with Gasteiger partial charge in [-0.25, -0.2) is 0 Å². The molecule has 0 spiro atoms. The Morgan fingerprint density at radius 1 is 1.06 bits per heavy atom. The molecule has 0 N–H and O–H groups in total. The molecule has 2 heteroatoms. The highest BCUT2D eigenvalue weighted by molar-refractivity contribution is 5.31. The van der Waals surface area contributed by atoms with Crippen molar-refractivity contribution in [1.82, 2.24) is 4.98 Å². The zero-order valence-corrected chi connectivity index (χ0v) is 10.4. The summed E-state index contributed by atoms with van der Waals surface area (Å²) in [5.74, 6) is 0.888. The van der Waals surface area contributed by atoms with Crippen molar-refractivity contribution in [2.24, 2.45) is 0 Å². The van der Waals surface area contributed by atoms with Gasteiger partial charge in [-0.15, -0.1) is 0 Å². The van der Waals surface area contributed by atoms with E-state index in [9.17, 15) is 0 Å². The summed E-state index contributed by atoms with van der Waals surface area (Å²) in [6.07, 6.45) is 6.66. The molecule has 2 nitrogen and oxygen atoms in total. The first-order valence-corrected chi connectivity index (χ1v) is 6.56. The molecule has 1 heterocycles. The van der Waals surface area contributed by atoms with Crippen LogP contribution in [-0.4, -0.2) is 4.98 Å². The number of hydrogen-bond acceptors (Lipinski definition) is 2. The average Bonchev–Trinajstić information content (AvgIpc) is 2.46. The van der Waals surface area contributed by atoms with Crippen molar-refractivity contribution in [3.63, 3.8) is 0 Å². The lowest BCUT2D eigenvalue weighted by molar-refractivity contribution is 0.304. The number of aromatic nitrogens is 1. The van der Waals surface area contributed by atoms with Crippen LogP contribution in [0.1, 0.15) is 29.7 Å². The predicted molar refractivity (Wildman–Crippen MR) is 71.7 cm³/mol. The van der Waals surface area contributed by atoms with E-state index in [4.69, 9.17) is 4.74 Å². The Balaban J connectivity index is 1.70. The Hall–Kier alpha value is -1.83. The number of benzene rings is 1. The first-order valence-electron chi connectivity index (χ1n) is 6.56. The van der Waals surface area contributed by atoms with Crippen LogP contribution in [0.3, 0.4) is 0 Å². The number of ether oxygens (including phenoxy) is 1. The molecular formula is C16H17NO. The molecule has 2 aromatic rings. The van der Waals surface area contributed by atoms with Crippen LogP contribution in [-0.2, 0) is 19.4 Å². The fourth-order valence-corrected chi connectivity index (χ4v) is 2.39. The van der Waals surface area contributed by atoms with E-state index in [-0.39, 0.29) is 0 Å². The van der Waals surface area contributed by atoms with Gasteiger partial charge in [0.05, 0.1) is 6.20 Å². The van der Waals surface area contributed by atoms with Crippen LogP contribution < -0.4 is 4.74 Å². The third kappa shape index (κ3) is 2.53. The van der Waals surface area contributed by atoms with Crippen LogP contribution in [0.4, 0.5) is 0 Å². The van der Waals surface area contributed by atoms with Gasteiger partial charge in [0.15, 0.2) is 0 Å². The van der Waals surface area contributed by atoms with Crippen LogP contribution >= 0.6 is 0 Å². The fourth-order valence-electron chi connectivity index (χ4n) is 2.39. The molecule has 0 aliphatic heterocycles. The fraction of sp³-hybridized carbons (Fsp3) is 0.312. The Labute approximate surface area is 108 Å². The van der Waals surface area contributed by atoms with E-state index in [1.165, 1.54) is 29.7 Å². The van der Waals surface area contributed by atoms with E-state index in [0.29, 0.717) is 6.61 Å². The van der Waals surface area contributed by atoms with Crippen molar-refractivity contribution >= 4 is 0 Å². The van der Waals surface area contributed by atoms with Crippen molar-refractivity contribution in [2.75, 3.05) is 0 Å². The summed E-state index contributed by atoms with van der Waals surface area (Å²) in [7, 11) is 0. The Morgan fingerprint density at radius 3 is 2.78 bits per heavy atom. The highest BCUT2D eigenvalue weighted by atomic mass is 16.5. The van der Waals surface area contributed by atoms with Gasteiger partial charge < -0.3 is 4.74 Å². The average molecular weight is 239 g/mol. The van der Waals surface area contributed by atoms with E-state index >= 15 is 0 Å². The van der Waals surface area contributed by atoms with Crippen LogP contribution in [0, 0.1) is 0 Å². The van der Waals surface area contributed by atoms with E-state index < -0.39 is 0 Å². The number of rotatable bonds is 3. The highest BCUT2D eigenvalue weighted by Crippen LogP contribution is 2.23. The van der Waals surface area contributed by atoms with Gasteiger partial charge in [-0.05, 0) is 42.9 Å². The molecule has 0 amide bonds. The topological polar surface area (TPSA) is 22.1 Å². The van der Waals surface area contributed by atoms with E-state index in [1.807, 2.05) is 24.4 Å². The van der Waals surface area contributed by atoms with Crippen LogP contribution in [0.2, 0.25) is 0 Å². The maximum Gasteiger partial charge on any atom is 0.138 e. The molecule has 3 rings (SSSR count). The molecule has 0 radical (unpaired) electrons. The highest BCUT2D eigenvalue weighted by Gasteiger charge is 2.11. The summed E-state index contributed by atoms with van der Waals surface area (Å²) in [4.78, 5) is 4.51. The molecule has 1 aromatic carbocycles. The zero-order chi connectivity index (χ0) is 12.2. The van der Waals surface area contributed by atoms with Crippen LogP contribution in [0.25, 0.3) is 0 Å². The summed E-state index contributed by atoms with van der Waals surface area (Å²) in [5.41, 5.74) is 3.82. The zero-order valence-electron chi connectivity index (χ0n) is 10.4. The van der Waals surface area contributed by atoms with Crippen molar-refractivity contribution < 1.29 is 4.74 Å². The lowest BCUT2D eigenvalue weighted by atomic mass is 9.96. The minimum absolute atomic E-state index is 0.612. The quantitative estimate of drug-likeness (QED) is 0.817. The predicted octanol–water partition coefficient (Wildman–Crippen LogP) is 3.54. The first-order chi connectivity index (χ1) is 8.92. The van der Waals surface area contributed by atoms with Gasteiger partial charge in [0.2, 0.25) is 0 Å². The molecule has 18 heavy (non-hydrogen) atoms. The number of hydrogen-bond donors (Lipinski definition) is 0. The normalized spacial score (nSPS) is 14.0. The first kappa shape index (κ1) is 11.3. The lowest BCUT2D eigenvalue weighted by Crippen LogP contribution is -2.06. The molecule has 1 aliphatic carbocycles. The maximum absolute atomic E-state index is 5.80. The minimum atomic E-state index is 0.612. The Bertz CT molecular complexity index is 522. The number of fused-ring (bicyclic) bond motifs is 1. The third-order valence-corrected chi connectivity index (χ3v) is 3.39. The van der Waals surface area contributed by atoms with Gasteiger partial charge in [-0.1, -0.05) is 30.3 Å². The van der Waals surface area contributed by atoms with Crippen molar-refractivity contribution in [3.8, 4) is 5.75 Å². The summed E-state index contributed by atoms with van der Waals surface area (Å²) >= 11 is 0. The molecular weight excluding hydrogens is 222 g/mol. The summed E-state index contributed by atoms with van der Waals surface area (Å²) in [6, 6.07) is 12.4. The molecule has 0 saturated carbocycles. The van der Waals surface area contributed by atoms with Gasteiger partial charge in [-0.3, -0.25) is 4.98 Å². The van der Waals surface area contributed by atoms with Crippen LogP contribution in [0.5, 0.6) is 5.75 Å². The van der Waals surface area contributed by atoms with Gasteiger partial charge in [0.25, 0.3) is 0 Å². The molecule has 1 aliphatic rings. The standard InChI is InChI=1S/C16H17NO/c1-2-6-13(7-3-1)12-18-15-10-14-8-4-5-9-16(14)17-11-15/h1-3,6-7,10-11H,4-5,8-9,12H2. The molecule has 0 unspecified atom stereocenters. The number of pyridine rings is 1. The maximum atomic E-state index is 5.80. The largest absolute Gasteiger partial charge is 0.487 e. The third-order valence-electron chi connectivity index (χ3n) is 3.39. The Morgan fingerprint density at radius 2 is 1.89 bits per heavy atom. The van der Waals surface area contributed by atoms with Crippen LogP contribution in [0.15, 0.2) is 42.6 Å². The van der Waals surface area contributed by atoms with E-state index in [1.54, 1.807) is 0 Å². The summed E-state index contributed by atoms with van der Waals surface area (Å²) in [6.45, 7) is 0.612. The molecule has 0 bridgehead atoms. The monoisotopic (exact) mass is 239 g/mol. The molecule has 0 atom stereocenters. The van der Waals surface area contributed by atoms with Crippen molar-refractivity contribution in [3.05, 3.63) is 59.4 Å². The smallest absolute Gasteiger partial charge is 0.138 e. The van der Waals surface area contributed by atoms with Crippen molar-refractivity contribution in [1.29, 1.82) is 0 Å². The minimum Gasteiger partial charge on any atom is -0.487 e. The molecule has 92 valence electrons. The summed E-state index contributed by atoms with van der Waals surface area (Å²) in [5, 5.41) is 0. The molecule has 0 saturated heterocycles. The lowest BCUT2D eigenvalue weighted by Gasteiger charge is -2.15. The van der Waals surface area contributed by atoms with Gasteiger partial charge in [-0.2, -0.15) is 0 Å². The van der Waals surface area contributed by atoms with E-state index in [2.05, 4.69) is 23.2 Å². The number of aryl methyl sites for hydroxylation is 2.